The molecule has 35 heavy (non-hydrogen) atoms. The predicted molar refractivity (Wildman–Crippen MR) is 128 cm³/mol. The molecule has 1 heterocycles. The van der Waals surface area contributed by atoms with Crippen molar-refractivity contribution < 1.29 is 32.9 Å². The summed E-state index contributed by atoms with van der Waals surface area (Å²) in [5.41, 5.74) is 1.73. The highest BCUT2D eigenvalue weighted by Gasteiger charge is 2.37. The molecule has 1 atom stereocenters. The number of hydrogen-bond donors (Lipinski definition) is 5. The number of para-hydroxylation sites is 1. The van der Waals surface area contributed by atoms with Crippen LogP contribution < -0.4 is 20.7 Å². The minimum Gasteiger partial charge on any atom is -0.497 e. The number of aryl methyl sites for hydroxylation is 1. The Labute approximate surface area is 200 Å². The molecule has 0 fully saturated rings. The largest absolute Gasteiger partial charge is 0.497 e. The summed E-state index contributed by atoms with van der Waals surface area (Å²) < 4.78 is 45.9. The third-order valence-electron chi connectivity index (χ3n) is 5.15. The number of carbonyl (C=O) groups is 1. The third-order valence-corrected chi connectivity index (χ3v) is 5.15. The van der Waals surface area contributed by atoms with Gasteiger partial charge in [0.25, 0.3) is 5.91 Å². The van der Waals surface area contributed by atoms with E-state index in [4.69, 9.17) is 14.9 Å². The van der Waals surface area contributed by atoms with Gasteiger partial charge in [-0.3, -0.25) is 4.79 Å². The molecule has 0 bridgehead atoms. The number of rotatable bonds is 5. The lowest BCUT2D eigenvalue weighted by Gasteiger charge is -2.19. The molecule has 1 aliphatic rings. The van der Waals surface area contributed by atoms with Gasteiger partial charge in [0.15, 0.2) is 0 Å². The second kappa shape index (κ2) is 11.1. The number of anilines is 3. The molecule has 7 nitrogen and oxygen atoms in total. The second-order valence-electron chi connectivity index (χ2n) is 7.67. The van der Waals surface area contributed by atoms with Crippen molar-refractivity contribution in [3.8, 4) is 5.75 Å². The van der Waals surface area contributed by atoms with Crippen molar-refractivity contribution in [2.75, 3.05) is 36.3 Å². The van der Waals surface area contributed by atoms with Crippen molar-refractivity contribution >= 4 is 23.0 Å². The van der Waals surface area contributed by atoms with Crippen LogP contribution in [0.25, 0.3) is 0 Å². The number of aliphatic hydroxyl groups excluding tert-OH is 2. The van der Waals surface area contributed by atoms with E-state index in [2.05, 4.69) is 16.0 Å². The molecule has 0 aliphatic carbocycles. The number of amides is 1. The van der Waals surface area contributed by atoms with Crippen LogP contribution in [-0.4, -0.2) is 36.4 Å². The predicted octanol–water partition coefficient (Wildman–Crippen LogP) is 4.78. The number of alkyl halides is 3. The molecule has 4 rings (SSSR count). The number of carbonyl (C=O) groups excluding carboxylic acids is 1. The van der Waals surface area contributed by atoms with E-state index in [1.54, 1.807) is 55.5 Å². The maximum atomic E-state index is 13.6. The van der Waals surface area contributed by atoms with Crippen LogP contribution in [0.15, 0.2) is 60.7 Å². The molecule has 0 saturated carbocycles. The zero-order valence-electron chi connectivity index (χ0n) is 19.1. The molecule has 10 heteroatoms. The van der Waals surface area contributed by atoms with Crippen LogP contribution in [0.2, 0.25) is 0 Å². The van der Waals surface area contributed by atoms with Crippen LogP contribution in [-0.2, 0) is 6.18 Å². The first-order valence-corrected chi connectivity index (χ1v) is 10.7. The number of aliphatic hydroxyl groups is 2. The Morgan fingerprint density at radius 2 is 1.74 bits per heavy atom. The molecule has 0 saturated heterocycles. The Hall–Kier alpha value is -3.76. The molecule has 0 aromatic heterocycles. The van der Waals surface area contributed by atoms with Crippen LogP contribution in [0.3, 0.4) is 0 Å². The number of nitrogens with one attached hydrogen (secondary N) is 3. The highest BCUT2D eigenvalue weighted by molar-refractivity contribution is 6.10. The summed E-state index contributed by atoms with van der Waals surface area (Å²) in [6.45, 7) is 1.37. The maximum Gasteiger partial charge on any atom is 0.416 e. The normalized spacial score (nSPS) is 14.1. The van der Waals surface area contributed by atoms with Gasteiger partial charge >= 0.3 is 6.18 Å². The molecule has 186 valence electrons. The van der Waals surface area contributed by atoms with E-state index in [0.717, 1.165) is 6.07 Å². The van der Waals surface area contributed by atoms with Gasteiger partial charge in [0.1, 0.15) is 11.9 Å². The van der Waals surface area contributed by atoms with E-state index in [-0.39, 0.29) is 24.7 Å². The van der Waals surface area contributed by atoms with Crippen molar-refractivity contribution in [3.63, 3.8) is 0 Å². The lowest BCUT2D eigenvalue weighted by atomic mass is 10.0. The van der Waals surface area contributed by atoms with E-state index in [9.17, 15) is 18.0 Å². The zero-order valence-corrected chi connectivity index (χ0v) is 19.1. The second-order valence-corrected chi connectivity index (χ2v) is 7.67. The molecule has 1 unspecified atom stereocenters. The Morgan fingerprint density at radius 1 is 1.03 bits per heavy atom. The highest BCUT2D eigenvalue weighted by Crippen LogP contribution is 2.42. The fourth-order valence-electron chi connectivity index (χ4n) is 3.58. The van der Waals surface area contributed by atoms with Gasteiger partial charge in [0, 0.05) is 17.3 Å². The van der Waals surface area contributed by atoms with Gasteiger partial charge in [-0.1, -0.05) is 29.8 Å². The summed E-state index contributed by atoms with van der Waals surface area (Å²) >= 11 is 0. The average molecular weight is 489 g/mol. The molecule has 1 amide bonds. The lowest BCUT2D eigenvalue weighted by molar-refractivity contribution is -0.138. The van der Waals surface area contributed by atoms with Gasteiger partial charge in [-0.15, -0.1) is 0 Å². The van der Waals surface area contributed by atoms with Crippen molar-refractivity contribution in [2.45, 2.75) is 19.3 Å². The number of halogens is 3. The maximum absolute atomic E-state index is 13.6. The first-order chi connectivity index (χ1) is 16.7. The molecule has 5 N–H and O–H groups in total. The molecular formula is C25H26F3N3O4. The lowest BCUT2D eigenvalue weighted by Crippen LogP contribution is -2.19. The van der Waals surface area contributed by atoms with E-state index < -0.39 is 17.9 Å². The number of methoxy groups -OCH3 is 1. The van der Waals surface area contributed by atoms with Gasteiger partial charge in [0.2, 0.25) is 0 Å². The van der Waals surface area contributed by atoms with Crippen LogP contribution >= 0.6 is 0 Å². The number of hydrogen-bond acceptors (Lipinski definition) is 6. The summed E-state index contributed by atoms with van der Waals surface area (Å²) in [5, 5.41) is 24.1. The van der Waals surface area contributed by atoms with Crippen molar-refractivity contribution in [3.05, 3.63) is 82.9 Å². The highest BCUT2D eigenvalue weighted by atomic mass is 19.4. The Bertz CT molecular complexity index is 1180. The summed E-state index contributed by atoms with van der Waals surface area (Å²) in [7, 11) is 1.53. The first-order valence-electron chi connectivity index (χ1n) is 10.7. The average Bonchev–Trinajstić information content (AvgIpc) is 3.28. The molecule has 0 spiro atoms. The minimum absolute atomic E-state index is 0.0634. The minimum atomic E-state index is -4.49. The summed E-state index contributed by atoms with van der Waals surface area (Å²) in [4.78, 5) is 12.9. The number of benzene rings is 3. The fraction of sp³-hybridized carbons (Fsp3) is 0.240. The van der Waals surface area contributed by atoms with Gasteiger partial charge < -0.3 is 30.9 Å². The van der Waals surface area contributed by atoms with Gasteiger partial charge in [-0.05, 0) is 37.3 Å². The van der Waals surface area contributed by atoms with E-state index in [1.807, 2.05) is 0 Å². The quantitative estimate of drug-likeness (QED) is 0.354. The molecular weight excluding hydrogens is 463 g/mol. The number of ether oxygens (including phenoxy) is 1. The van der Waals surface area contributed by atoms with Crippen molar-refractivity contribution in [1.29, 1.82) is 0 Å². The standard InChI is InChI=1S/C23H20F3N3O2.C2H6O2/c1-13-9-10-16(18(11-13)23(24,25)26)21-28-19-8-4-7-17(20(19)29-21)22(30)27-14-5-3-6-15(12-14)31-2;3-1-2-4/h3-12,21,28-29H,1-2H3,(H,27,30);3-4H,1-2H2. The summed E-state index contributed by atoms with van der Waals surface area (Å²) in [5.74, 6) is 0.204. The van der Waals surface area contributed by atoms with Crippen LogP contribution in [0.5, 0.6) is 5.75 Å². The third kappa shape index (κ3) is 6.23. The topological polar surface area (TPSA) is 103 Å². The Morgan fingerprint density at radius 3 is 2.40 bits per heavy atom. The fourth-order valence-corrected chi connectivity index (χ4v) is 3.58. The van der Waals surface area contributed by atoms with Gasteiger partial charge in [-0.25, -0.2) is 0 Å². The van der Waals surface area contributed by atoms with Crippen LogP contribution in [0, 0.1) is 6.92 Å². The molecule has 0 radical (unpaired) electrons. The summed E-state index contributed by atoms with van der Waals surface area (Å²) in [6.07, 6.45) is -5.32. The van der Waals surface area contributed by atoms with Crippen LogP contribution in [0.4, 0.5) is 30.2 Å². The van der Waals surface area contributed by atoms with Crippen LogP contribution in [0.1, 0.15) is 33.2 Å². The summed E-state index contributed by atoms with van der Waals surface area (Å²) in [6, 6.07) is 16.1. The van der Waals surface area contributed by atoms with Gasteiger partial charge in [-0.2, -0.15) is 13.2 Å². The molecule has 3 aromatic rings. The van der Waals surface area contributed by atoms with Gasteiger partial charge in [0.05, 0.1) is 42.8 Å². The SMILES string of the molecule is COc1cccc(NC(=O)c2cccc3c2NC(c2ccc(C)cc2C(F)(F)F)N3)c1.OCCO. The number of fused-ring (bicyclic) bond motifs is 1. The first kappa shape index (κ1) is 25.9. The van der Waals surface area contributed by atoms with E-state index in [0.29, 0.717) is 33.9 Å². The Kier molecular flexibility index (Phi) is 8.21. The zero-order chi connectivity index (χ0) is 25.6. The van der Waals surface area contributed by atoms with Crippen molar-refractivity contribution in [1.82, 2.24) is 0 Å². The van der Waals surface area contributed by atoms with E-state index >= 15 is 0 Å². The molecule has 1 aliphatic heterocycles. The van der Waals surface area contributed by atoms with E-state index in [1.165, 1.54) is 13.2 Å². The molecule has 3 aromatic carbocycles. The monoisotopic (exact) mass is 489 g/mol. The Balaban J connectivity index is 0.000000795. The van der Waals surface area contributed by atoms with Crippen molar-refractivity contribution in [2.24, 2.45) is 0 Å². The smallest absolute Gasteiger partial charge is 0.416 e.